The Hall–Kier alpha value is -4.71. The second-order valence-electron chi connectivity index (χ2n) is 9.40. The highest BCUT2D eigenvalue weighted by atomic mass is 19.1. The number of hydrogen-bond acceptors (Lipinski definition) is 2. The largest absolute Gasteiger partial charge is 0.478 e. The van der Waals surface area contributed by atoms with Gasteiger partial charge < -0.3 is 15.0 Å². The highest BCUT2D eigenvalue weighted by Gasteiger charge is 2.30. The van der Waals surface area contributed by atoms with E-state index in [1.54, 1.807) is 18.2 Å². The van der Waals surface area contributed by atoms with Crippen molar-refractivity contribution in [3.8, 4) is 22.4 Å². The molecule has 39 heavy (non-hydrogen) atoms. The number of para-hydroxylation sites is 1. The van der Waals surface area contributed by atoms with E-state index in [1.165, 1.54) is 18.2 Å². The van der Waals surface area contributed by atoms with Crippen molar-refractivity contribution >= 4 is 17.6 Å². The maximum Gasteiger partial charge on any atom is 0.328 e. The first-order valence-electron chi connectivity index (χ1n) is 12.9. The minimum absolute atomic E-state index is 0.00549. The summed E-state index contributed by atoms with van der Waals surface area (Å²) in [4.78, 5) is 24.8. The van der Waals surface area contributed by atoms with Crippen molar-refractivity contribution in [3.63, 3.8) is 0 Å². The normalized spacial score (nSPS) is 11.5. The van der Waals surface area contributed by atoms with Crippen LogP contribution in [0, 0.1) is 5.82 Å². The molecule has 0 aliphatic rings. The second-order valence-corrected chi connectivity index (χ2v) is 9.40. The van der Waals surface area contributed by atoms with E-state index >= 15 is 0 Å². The molecule has 0 saturated carbocycles. The van der Waals surface area contributed by atoms with Crippen LogP contribution >= 0.6 is 0 Å². The highest BCUT2D eigenvalue weighted by Crippen LogP contribution is 2.42. The number of carboxylic acid groups (broad SMARTS) is 1. The first kappa shape index (κ1) is 27.3. The number of allylic oxidation sites excluding steroid dienone is 3. The predicted octanol–water partition coefficient (Wildman–Crippen LogP) is 7.92. The van der Waals surface area contributed by atoms with Gasteiger partial charge in [0.15, 0.2) is 0 Å². The van der Waals surface area contributed by atoms with E-state index in [1.807, 2.05) is 66.7 Å². The molecule has 6 heteroatoms. The van der Waals surface area contributed by atoms with Gasteiger partial charge in [-0.3, -0.25) is 4.79 Å². The molecule has 5 nitrogen and oxygen atoms in total. The monoisotopic (exact) mass is 522 g/mol. The van der Waals surface area contributed by atoms with Gasteiger partial charge in [-0.25, -0.2) is 9.18 Å². The number of carbonyl (C=O) groups excluding carboxylic acids is 1. The molecular formula is C33H31FN2O3. The maximum atomic E-state index is 14.0. The van der Waals surface area contributed by atoms with E-state index in [0.717, 1.165) is 34.2 Å². The van der Waals surface area contributed by atoms with Crippen molar-refractivity contribution in [1.29, 1.82) is 0 Å². The van der Waals surface area contributed by atoms with E-state index in [2.05, 4.69) is 23.7 Å². The molecule has 0 aliphatic carbocycles. The Kier molecular flexibility index (Phi) is 8.90. The number of carboxylic acids is 1. The number of rotatable bonds is 10. The summed E-state index contributed by atoms with van der Waals surface area (Å²) in [5.41, 5.74) is 5.44. The van der Waals surface area contributed by atoms with Crippen LogP contribution in [-0.2, 0) is 11.3 Å². The van der Waals surface area contributed by atoms with Crippen LogP contribution in [0.15, 0.2) is 109 Å². The highest BCUT2D eigenvalue weighted by molar-refractivity contribution is 6.12. The first-order chi connectivity index (χ1) is 18.9. The van der Waals surface area contributed by atoms with E-state index in [-0.39, 0.29) is 17.6 Å². The van der Waals surface area contributed by atoms with Crippen LogP contribution in [0.4, 0.5) is 10.1 Å². The Morgan fingerprint density at radius 3 is 2.15 bits per heavy atom. The molecule has 4 aromatic rings. The number of aromatic nitrogens is 1. The average molecular weight is 523 g/mol. The Bertz CT molecular complexity index is 1490. The molecule has 0 bridgehead atoms. The Labute approximate surface area is 227 Å². The van der Waals surface area contributed by atoms with Gasteiger partial charge in [0.2, 0.25) is 0 Å². The number of amides is 1. The fraction of sp³-hybridized carbons (Fsp3) is 0.152. The molecule has 0 radical (unpaired) electrons. The Balaban J connectivity index is 1.94. The molecule has 0 spiro atoms. The smallest absolute Gasteiger partial charge is 0.328 e. The zero-order valence-electron chi connectivity index (χ0n) is 22.0. The van der Waals surface area contributed by atoms with Gasteiger partial charge in [-0.15, -0.1) is 0 Å². The van der Waals surface area contributed by atoms with Crippen LogP contribution in [0.5, 0.6) is 0 Å². The quantitative estimate of drug-likeness (QED) is 0.164. The van der Waals surface area contributed by atoms with Crippen molar-refractivity contribution in [2.45, 2.75) is 32.7 Å². The van der Waals surface area contributed by atoms with Crippen LogP contribution in [0.1, 0.15) is 42.2 Å². The number of benzene rings is 3. The summed E-state index contributed by atoms with van der Waals surface area (Å²) in [6, 6.07) is 25.4. The number of halogens is 1. The van der Waals surface area contributed by atoms with E-state index < -0.39 is 5.97 Å². The third-order valence-corrected chi connectivity index (χ3v) is 6.29. The van der Waals surface area contributed by atoms with Crippen LogP contribution in [0.3, 0.4) is 0 Å². The number of anilines is 1. The van der Waals surface area contributed by atoms with Crippen LogP contribution < -0.4 is 5.32 Å². The molecule has 198 valence electrons. The molecular weight excluding hydrogens is 491 g/mol. The van der Waals surface area contributed by atoms with Gasteiger partial charge in [0.25, 0.3) is 5.91 Å². The third-order valence-electron chi connectivity index (χ3n) is 6.29. The summed E-state index contributed by atoms with van der Waals surface area (Å²) in [6.07, 6.45) is 6.75. The average Bonchev–Trinajstić information content (AvgIpc) is 3.27. The molecule has 1 aromatic heterocycles. The minimum atomic E-state index is -1.01. The standard InChI is InChI=1S/C33H31FN2O3/c1-23(2)31-30(33(39)35-27-15-9-6-10-16-27)29(24-13-7-5-8-14-24)32(25-18-20-26(34)21-19-25)36(31)22-12-4-3-11-17-28(37)38/h3-11,13-21,23H,12,22H2,1-2H3,(H,35,39)(H,37,38)/b4-3+,17-11-. The van der Waals surface area contributed by atoms with Gasteiger partial charge in [-0.2, -0.15) is 0 Å². The van der Waals surface area contributed by atoms with Crippen molar-refractivity contribution in [2.24, 2.45) is 0 Å². The zero-order chi connectivity index (χ0) is 27.8. The van der Waals surface area contributed by atoms with Crippen LogP contribution in [0.2, 0.25) is 0 Å². The van der Waals surface area contributed by atoms with E-state index in [0.29, 0.717) is 24.2 Å². The van der Waals surface area contributed by atoms with Gasteiger partial charge in [0, 0.05) is 29.6 Å². The molecule has 1 amide bonds. The lowest BCUT2D eigenvalue weighted by molar-refractivity contribution is -0.131. The fourth-order valence-corrected chi connectivity index (χ4v) is 4.72. The van der Waals surface area contributed by atoms with Gasteiger partial charge >= 0.3 is 5.97 Å². The van der Waals surface area contributed by atoms with Crippen molar-refractivity contribution in [1.82, 2.24) is 4.57 Å². The number of hydrogen-bond donors (Lipinski definition) is 2. The van der Waals surface area contributed by atoms with Gasteiger partial charge in [0.05, 0.1) is 11.3 Å². The van der Waals surface area contributed by atoms with Gasteiger partial charge in [0.1, 0.15) is 5.82 Å². The number of aliphatic carboxylic acids is 1. The number of nitrogens with one attached hydrogen (secondary N) is 1. The number of carbonyl (C=O) groups is 2. The van der Waals surface area contributed by atoms with Crippen LogP contribution in [-0.4, -0.2) is 21.6 Å². The summed E-state index contributed by atoms with van der Waals surface area (Å²) >= 11 is 0. The lowest BCUT2D eigenvalue weighted by atomic mass is 9.94. The van der Waals surface area contributed by atoms with Gasteiger partial charge in [-0.1, -0.05) is 80.6 Å². The van der Waals surface area contributed by atoms with E-state index in [4.69, 9.17) is 5.11 Å². The summed E-state index contributed by atoms with van der Waals surface area (Å²) in [6.45, 7) is 4.65. The van der Waals surface area contributed by atoms with Crippen molar-refractivity contribution < 1.29 is 19.1 Å². The van der Waals surface area contributed by atoms with Crippen molar-refractivity contribution in [2.75, 3.05) is 5.32 Å². The zero-order valence-corrected chi connectivity index (χ0v) is 22.0. The van der Waals surface area contributed by atoms with Crippen molar-refractivity contribution in [3.05, 3.63) is 126 Å². The fourth-order valence-electron chi connectivity index (χ4n) is 4.72. The molecule has 0 unspecified atom stereocenters. The SMILES string of the molecule is CC(C)c1c(C(=O)Nc2ccccc2)c(-c2ccccc2)c(-c2ccc(F)cc2)n1CC/C=C/C=C\C(=O)O. The van der Waals surface area contributed by atoms with Gasteiger partial charge in [-0.05, 0) is 59.9 Å². The molecule has 3 aromatic carbocycles. The molecule has 0 aliphatic heterocycles. The summed E-state index contributed by atoms with van der Waals surface area (Å²) < 4.78 is 16.1. The first-order valence-corrected chi connectivity index (χ1v) is 12.9. The maximum absolute atomic E-state index is 14.0. The Morgan fingerprint density at radius 1 is 0.897 bits per heavy atom. The topological polar surface area (TPSA) is 71.3 Å². The van der Waals surface area contributed by atoms with E-state index in [9.17, 15) is 14.0 Å². The molecule has 2 N–H and O–H groups in total. The lowest BCUT2D eigenvalue weighted by Gasteiger charge is -2.16. The molecule has 0 atom stereocenters. The summed E-state index contributed by atoms with van der Waals surface area (Å²) in [5.74, 6) is -1.57. The third kappa shape index (κ3) is 6.60. The molecule has 0 fully saturated rings. The minimum Gasteiger partial charge on any atom is -0.478 e. The molecule has 1 heterocycles. The number of nitrogens with zero attached hydrogens (tertiary/aromatic N) is 1. The summed E-state index contributed by atoms with van der Waals surface area (Å²) in [7, 11) is 0. The second kappa shape index (κ2) is 12.7. The molecule has 4 rings (SSSR count). The summed E-state index contributed by atoms with van der Waals surface area (Å²) in [5, 5.41) is 11.9. The van der Waals surface area contributed by atoms with Crippen LogP contribution in [0.25, 0.3) is 22.4 Å². The lowest BCUT2D eigenvalue weighted by Crippen LogP contribution is -2.16. The molecule has 0 saturated heterocycles. The Morgan fingerprint density at radius 2 is 1.54 bits per heavy atom. The predicted molar refractivity (Wildman–Crippen MR) is 154 cm³/mol.